The van der Waals surface area contributed by atoms with Crippen LogP contribution < -0.4 is 11.1 Å². The quantitative estimate of drug-likeness (QED) is 0.741. The Balaban J connectivity index is 1.46. The third kappa shape index (κ3) is 5.72. The van der Waals surface area contributed by atoms with Gasteiger partial charge in [0.15, 0.2) is 0 Å². The molecule has 1 aliphatic rings. The lowest BCUT2D eigenvalue weighted by atomic mass is 9.86. The van der Waals surface area contributed by atoms with Crippen molar-refractivity contribution in [3.8, 4) is 0 Å². The molecule has 3 heteroatoms. The van der Waals surface area contributed by atoms with Crippen molar-refractivity contribution in [3.63, 3.8) is 0 Å². The summed E-state index contributed by atoms with van der Waals surface area (Å²) in [6.45, 7) is 3.54. The minimum atomic E-state index is 0.449. The second kappa shape index (κ2) is 8.31. The summed E-state index contributed by atoms with van der Waals surface area (Å²) in [5.74, 6) is 0.814. The van der Waals surface area contributed by atoms with E-state index >= 15 is 0 Å². The first-order valence-corrected chi connectivity index (χ1v) is 7.42. The number of rotatable bonds is 7. The summed E-state index contributed by atoms with van der Waals surface area (Å²) in [6, 6.07) is 10.8. The average Bonchev–Trinajstić information content (AvgIpc) is 2.46. The molecule has 0 amide bonds. The molecule has 3 nitrogen and oxygen atoms in total. The molecule has 0 aromatic heterocycles. The minimum Gasteiger partial charge on any atom is -0.375 e. The van der Waals surface area contributed by atoms with Crippen molar-refractivity contribution in [2.75, 3.05) is 19.7 Å². The molecule has 0 atom stereocenters. The van der Waals surface area contributed by atoms with Gasteiger partial charge >= 0.3 is 0 Å². The van der Waals surface area contributed by atoms with Gasteiger partial charge in [0, 0.05) is 12.6 Å². The molecular formula is C16H26N2O. The van der Waals surface area contributed by atoms with Crippen LogP contribution in [0, 0.1) is 5.92 Å². The van der Waals surface area contributed by atoms with Crippen LogP contribution in [0.1, 0.15) is 31.2 Å². The van der Waals surface area contributed by atoms with Crippen LogP contribution in [0.5, 0.6) is 0 Å². The first kappa shape index (κ1) is 14.5. The molecule has 0 heterocycles. The number of nitrogens with two attached hydrogens (primary N) is 1. The molecular weight excluding hydrogens is 236 g/mol. The van der Waals surface area contributed by atoms with Crippen LogP contribution in [0.3, 0.4) is 0 Å². The maximum atomic E-state index is 5.91. The number of hydrogen-bond donors (Lipinski definition) is 2. The summed E-state index contributed by atoms with van der Waals surface area (Å²) < 4.78 is 5.64. The first-order valence-electron chi connectivity index (χ1n) is 7.42. The zero-order valence-electron chi connectivity index (χ0n) is 11.7. The second-order valence-corrected chi connectivity index (χ2v) is 5.52. The van der Waals surface area contributed by atoms with Gasteiger partial charge in [-0.1, -0.05) is 30.3 Å². The van der Waals surface area contributed by atoms with Gasteiger partial charge in [-0.05, 0) is 43.7 Å². The Kier molecular flexibility index (Phi) is 6.34. The van der Waals surface area contributed by atoms with E-state index in [1.807, 2.05) is 18.2 Å². The van der Waals surface area contributed by atoms with Gasteiger partial charge in [0.05, 0.1) is 13.2 Å². The minimum absolute atomic E-state index is 0.449. The molecule has 0 unspecified atom stereocenters. The molecule has 1 aromatic rings. The monoisotopic (exact) mass is 262 g/mol. The molecule has 2 rings (SSSR count). The van der Waals surface area contributed by atoms with Crippen molar-refractivity contribution < 1.29 is 4.74 Å². The molecule has 0 radical (unpaired) electrons. The predicted molar refractivity (Wildman–Crippen MR) is 78.9 cm³/mol. The van der Waals surface area contributed by atoms with Gasteiger partial charge in [-0.3, -0.25) is 0 Å². The molecule has 0 spiro atoms. The summed E-state index contributed by atoms with van der Waals surface area (Å²) >= 11 is 0. The maximum absolute atomic E-state index is 5.91. The highest BCUT2D eigenvalue weighted by molar-refractivity contribution is 5.13. The van der Waals surface area contributed by atoms with Gasteiger partial charge in [0.1, 0.15) is 0 Å². The fourth-order valence-corrected chi connectivity index (χ4v) is 2.61. The molecule has 1 aliphatic carbocycles. The van der Waals surface area contributed by atoms with E-state index in [0.29, 0.717) is 12.6 Å². The van der Waals surface area contributed by atoms with Crippen LogP contribution >= 0.6 is 0 Å². The molecule has 0 bridgehead atoms. The lowest BCUT2D eigenvalue weighted by Crippen LogP contribution is -2.32. The molecule has 1 aromatic carbocycles. The smallest absolute Gasteiger partial charge is 0.0717 e. The Morgan fingerprint density at radius 2 is 1.84 bits per heavy atom. The summed E-state index contributed by atoms with van der Waals surface area (Å²) in [5, 5.41) is 3.49. The molecule has 0 saturated heterocycles. The maximum Gasteiger partial charge on any atom is 0.0717 e. The van der Waals surface area contributed by atoms with Crippen LogP contribution in [0.4, 0.5) is 0 Å². The SMILES string of the molecule is N[C@H]1CC[C@H](CNCCOCc2ccccc2)CC1. The van der Waals surface area contributed by atoms with Gasteiger partial charge in [-0.15, -0.1) is 0 Å². The first-order chi connectivity index (χ1) is 9.34. The zero-order valence-corrected chi connectivity index (χ0v) is 11.7. The van der Waals surface area contributed by atoms with Gasteiger partial charge in [0.2, 0.25) is 0 Å². The van der Waals surface area contributed by atoms with E-state index in [-0.39, 0.29) is 0 Å². The summed E-state index contributed by atoms with van der Waals surface area (Å²) in [4.78, 5) is 0. The van der Waals surface area contributed by atoms with Crippen molar-refractivity contribution in [2.45, 2.75) is 38.3 Å². The molecule has 1 fully saturated rings. The average molecular weight is 262 g/mol. The van der Waals surface area contributed by atoms with Gasteiger partial charge in [0.25, 0.3) is 0 Å². The molecule has 3 N–H and O–H groups in total. The highest BCUT2D eigenvalue weighted by Crippen LogP contribution is 2.22. The van der Waals surface area contributed by atoms with E-state index in [4.69, 9.17) is 10.5 Å². The van der Waals surface area contributed by atoms with Crippen LogP contribution in [0.25, 0.3) is 0 Å². The number of benzene rings is 1. The molecule has 106 valence electrons. The zero-order chi connectivity index (χ0) is 13.3. The highest BCUT2D eigenvalue weighted by atomic mass is 16.5. The predicted octanol–water partition coefficient (Wildman–Crippen LogP) is 2.31. The Bertz CT molecular complexity index is 334. The van der Waals surface area contributed by atoms with Crippen molar-refractivity contribution >= 4 is 0 Å². The standard InChI is InChI=1S/C16H26N2O/c17-16-8-6-14(7-9-16)12-18-10-11-19-13-15-4-2-1-3-5-15/h1-5,14,16,18H,6-13,17H2/t14-,16-. The lowest BCUT2D eigenvalue weighted by molar-refractivity contribution is 0.121. The van der Waals surface area contributed by atoms with Crippen LogP contribution in [-0.4, -0.2) is 25.7 Å². The lowest BCUT2D eigenvalue weighted by Gasteiger charge is -2.26. The van der Waals surface area contributed by atoms with Crippen molar-refractivity contribution in [1.29, 1.82) is 0 Å². The third-order valence-electron chi connectivity index (χ3n) is 3.86. The summed E-state index contributed by atoms with van der Waals surface area (Å²) in [6.07, 6.45) is 4.94. The van der Waals surface area contributed by atoms with E-state index in [2.05, 4.69) is 17.4 Å². The fourth-order valence-electron chi connectivity index (χ4n) is 2.61. The number of nitrogens with one attached hydrogen (secondary N) is 1. The highest BCUT2D eigenvalue weighted by Gasteiger charge is 2.17. The van der Waals surface area contributed by atoms with Crippen LogP contribution in [0.15, 0.2) is 30.3 Å². The van der Waals surface area contributed by atoms with Gasteiger partial charge in [-0.25, -0.2) is 0 Å². The Hall–Kier alpha value is -0.900. The number of hydrogen-bond acceptors (Lipinski definition) is 3. The van der Waals surface area contributed by atoms with E-state index in [1.165, 1.54) is 31.2 Å². The normalized spacial score (nSPS) is 23.4. The second-order valence-electron chi connectivity index (χ2n) is 5.52. The third-order valence-corrected chi connectivity index (χ3v) is 3.86. The Morgan fingerprint density at radius 3 is 2.58 bits per heavy atom. The van der Waals surface area contributed by atoms with E-state index < -0.39 is 0 Å². The largest absolute Gasteiger partial charge is 0.375 e. The Morgan fingerprint density at radius 1 is 1.11 bits per heavy atom. The molecule has 19 heavy (non-hydrogen) atoms. The molecule has 0 aliphatic heterocycles. The van der Waals surface area contributed by atoms with Crippen LogP contribution in [-0.2, 0) is 11.3 Å². The topological polar surface area (TPSA) is 47.3 Å². The Labute approximate surface area is 116 Å². The number of ether oxygens (including phenoxy) is 1. The van der Waals surface area contributed by atoms with Crippen molar-refractivity contribution in [1.82, 2.24) is 5.32 Å². The van der Waals surface area contributed by atoms with Crippen molar-refractivity contribution in [2.24, 2.45) is 11.7 Å². The van der Waals surface area contributed by atoms with Crippen molar-refractivity contribution in [3.05, 3.63) is 35.9 Å². The van der Waals surface area contributed by atoms with E-state index in [0.717, 1.165) is 25.6 Å². The fraction of sp³-hybridized carbons (Fsp3) is 0.625. The van der Waals surface area contributed by atoms with Gasteiger partial charge in [-0.2, -0.15) is 0 Å². The molecule has 1 saturated carbocycles. The van der Waals surface area contributed by atoms with Gasteiger partial charge < -0.3 is 15.8 Å². The summed E-state index contributed by atoms with van der Waals surface area (Å²) in [5.41, 5.74) is 7.15. The summed E-state index contributed by atoms with van der Waals surface area (Å²) in [7, 11) is 0. The van der Waals surface area contributed by atoms with Crippen LogP contribution in [0.2, 0.25) is 0 Å². The van der Waals surface area contributed by atoms with E-state index in [1.54, 1.807) is 0 Å². The van der Waals surface area contributed by atoms with E-state index in [9.17, 15) is 0 Å².